The van der Waals surface area contributed by atoms with Gasteiger partial charge in [-0.2, -0.15) is 0 Å². The van der Waals surface area contributed by atoms with Crippen LogP contribution in [0.2, 0.25) is 0 Å². The second-order valence-corrected chi connectivity index (χ2v) is 10.8. The van der Waals surface area contributed by atoms with Crippen LogP contribution in [0, 0.1) is 0 Å². The lowest BCUT2D eigenvalue weighted by atomic mass is 9.81. The summed E-state index contributed by atoms with van der Waals surface area (Å²) in [5.74, 6) is 2.18. The Labute approximate surface area is 234 Å². The molecule has 0 aromatic heterocycles. The minimum Gasteiger partial charge on any atom is -0.489 e. The molecule has 4 aromatic rings. The van der Waals surface area contributed by atoms with Crippen molar-refractivity contribution in [1.29, 1.82) is 0 Å². The molecule has 4 aromatic carbocycles. The zero-order chi connectivity index (χ0) is 27.7. The largest absolute Gasteiger partial charge is 0.489 e. The summed E-state index contributed by atoms with van der Waals surface area (Å²) >= 11 is 0. The molecule has 0 saturated carbocycles. The predicted molar refractivity (Wildman–Crippen MR) is 153 cm³/mol. The van der Waals surface area contributed by atoms with Gasteiger partial charge in [0.25, 0.3) is 0 Å². The van der Waals surface area contributed by atoms with E-state index in [1.54, 1.807) is 24.3 Å². The zero-order valence-electron chi connectivity index (χ0n) is 22.5. The summed E-state index contributed by atoms with van der Waals surface area (Å²) in [4.78, 5) is 0. The lowest BCUT2D eigenvalue weighted by Gasteiger charge is -2.40. The molecular weight excluding hydrogens is 504 g/mol. The van der Waals surface area contributed by atoms with Crippen molar-refractivity contribution in [1.82, 2.24) is 0 Å². The van der Waals surface area contributed by atoms with E-state index < -0.39 is 17.3 Å². The second-order valence-electron chi connectivity index (χ2n) is 10.8. The first-order chi connectivity index (χ1) is 19.3. The van der Waals surface area contributed by atoms with Crippen LogP contribution in [0.15, 0.2) is 97.1 Å². The molecule has 0 bridgehead atoms. The average molecular weight is 537 g/mol. The molecule has 6 nitrogen and oxygen atoms in total. The lowest BCUT2D eigenvalue weighted by Crippen LogP contribution is -2.43. The molecule has 2 atom stereocenters. The molecule has 0 fully saturated rings. The summed E-state index contributed by atoms with van der Waals surface area (Å²) < 4.78 is 24.5. The van der Waals surface area contributed by atoms with Crippen molar-refractivity contribution in [2.75, 3.05) is 6.61 Å². The molecule has 40 heavy (non-hydrogen) atoms. The van der Waals surface area contributed by atoms with Gasteiger partial charge in [-0.25, -0.2) is 0 Å². The Balaban J connectivity index is 1.33. The van der Waals surface area contributed by atoms with Crippen molar-refractivity contribution in [2.24, 2.45) is 0 Å². The molecule has 0 spiro atoms. The Hall–Kier alpha value is -4.26. The maximum absolute atomic E-state index is 12.0. The number of fused-ring (bicyclic) bond motifs is 3. The van der Waals surface area contributed by atoms with Crippen LogP contribution >= 0.6 is 0 Å². The average Bonchev–Trinajstić information content (AvgIpc) is 2.97. The van der Waals surface area contributed by atoms with Crippen LogP contribution in [-0.4, -0.2) is 22.4 Å². The van der Waals surface area contributed by atoms with Gasteiger partial charge >= 0.3 is 0 Å². The SMILES string of the molecule is CC1(C)C=Cc2c(ccc3c2OCC(O)(c2ccc(OCc4ccccc4)cc2OCc2ccccc2)C3O)O1. The van der Waals surface area contributed by atoms with E-state index in [-0.39, 0.29) is 13.2 Å². The highest BCUT2D eigenvalue weighted by Crippen LogP contribution is 2.50. The monoisotopic (exact) mass is 536 g/mol. The fraction of sp³-hybridized carbons (Fsp3) is 0.235. The molecule has 204 valence electrons. The van der Waals surface area contributed by atoms with Gasteiger partial charge in [0.2, 0.25) is 0 Å². The fourth-order valence-electron chi connectivity index (χ4n) is 5.11. The molecule has 2 unspecified atom stereocenters. The van der Waals surface area contributed by atoms with E-state index in [1.165, 1.54) is 0 Å². The molecule has 0 amide bonds. The van der Waals surface area contributed by atoms with Crippen molar-refractivity contribution in [3.63, 3.8) is 0 Å². The van der Waals surface area contributed by atoms with E-state index in [1.807, 2.05) is 92.7 Å². The minimum atomic E-state index is -1.76. The molecule has 0 radical (unpaired) electrons. The maximum atomic E-state index is 12.0. The first kappa shape index (κ1) is 26.0. The van der Waals surface area contributed by atoms with E-state index >= 15 is 0 Å². The fourth-order valence-corrected chi connectivity index (χ4v) is 5.11. The molecule has 2 aliphatic rings. The normalized spacial score (nSPS) is 20.4. The summed E-state index contributed by atoms with van der Waals surface area (Å²) in [6.45, 7) is 4.46. The third-order valence-electron chi connectivity index (χ3n) is 7.30. The van der Waals surface area contributed by atoms with Crippen molar-refractivity contribution >= 4 is 6.08 Å². The predicted octanol–water partition coefficient (Wildman–Crippen LogP) is 6.34. The molecule has 2 N–H and O–H groups in total. The smallest absolute Gasteiger partial charge is 0.157 e. The van der Waals surface area contributed by atoms with Gasteiger partial charge < -0.3 is 29.2 Å². The number of aliphatic hydroxyl groups excluding tert-OH is 1. The quantitative estimate of drug-likeness (QED) is 0.287. The summed E-state index contributed by atoms with van der Waals surface area (Å²) in [5.41, 5.74) is 1.47. The Bertz CT molecular complexity index is 1530. The standard InChI is InChI=1S/C34H32O6/c1-33(2)18-17-26-29(40-33)16-14-27-31(26)39-22-34(36,32(27)35)28-15-13-25(37-20-23-9-5-3-6-10-23)19-30(28)38-21-24-11-7-4-8-12-24/h3-19,32,35-36H,20-22H2,1-2H3. The topological polar surface area (TPSA) is 77.4 Å². The maximum Gasteiger partial charge on any atom is 0.157 e. The molecule has 2 heterocycles. The lowest BCUT2D eigenvalue weighted by molar-refractivity contribution is -0.122. The molecule has 6 rings (SSSR count). The van der Waals surface area contributed by atoms with Crippen LogP contribution in [-0.2, 0) is 18.8 Å². The first-order valence-corrected chi connectivity index (χ1v) is 13.4. The van der Waals surface area contributed by atoms with Gasteiger partial charge in [0.1, 0.15) is 54.5 Å². The zero-order valence-corrected chi connectivity index (χ0v) is 22.5. The summed E-state index contributed by atoms with van der Waals surface area (Å²) in [6, 6.07) is 28.5. The number of ether oxygens (including phenoxy) is 4. The highest BCUT2D eigenvalue weighted by molar-refractivity contribution is 5.70. The van der Waals surface area contributed by atoms with Gasteiger partial charge in [-0.3, -0.25) is 0 Å². The van der Waals surface area contributed by atoms with E-state index in [0.29, 0.717) is 40.7 Å². The second kappa shape index (κ2) is 10.4. The number of rotatable bonds is 7. The Kier molecular flexibility index (Phi) is 6.74. The van der Waals surface area contributed by atoms with Crippen LogP contribution in [0.5, 0.6) is 23.0 Å². The number of benzene rings is 4. The Morgan fingerprint density at radius 2 is 1.52 bits per heavy atom. The van der Waals surface area contributed by atoms with Crippen LogP contribution in [0.25, 0.3) is 6.08 Å². The molecule has 0 saturated heterocycles. The van der Waals surface area contributed by atoms with Crippen LogP contribution in [0.3, 0.4) is 0 Å². The highest BCUT2D eigenvalue weighted by Gasteiger charge is 2.47. The van der Waals surface area contributed by atoms with Crippen LogP contribution in [0.1, 0.15) is 47.8 Å². The first-order valence-electron chi connectivity index (χ1n) is 13.4. The van der Waals surface area contributed by atoms with Gasteiger partial charge in [-0.1, -0.05) is 60.7 Å². The van der Waals surface area contributed by atoms with E-state index in [2.05, 4.69) is 0 Å². The van der Waals surface area contributed by atoms with E-state index in [4.69, 9.17) is 18.9 Å². The Morgan fingerprint density at radius 1 is 0.850 bits per heavy atom. The van der Waals surface area contributed by atoms with Gasteiger partial charge in [0.15, 0.2) is 5.60 Å². The number of hydrogen-bond acceptors (Lipinski definition) is 6. The molecular formula is C34H32O6. The summed E-state index contributed by atoms with van der Waals surface area (Å²) in [5, 5.41) is 23.6. The van der Waals surface area contributed by atoms with Crippen molar-refractivity contribution in [2.45, 2.75) is 44.4 Å². The van der Waals surface area contributed by atoms with Crippen LogP contribution < -0.4 is 18.9 Å². The van der Waals surface area contributed by atoms with Crippen LogP contribution in [0.4, 0.5) is 0 Å². The number of aliphatic hydroxyl groups is 2. The molecule has 0 aliphatic carbocycles. The van der Waals surface area contributed by atoms with Gasteiger partial charge in [-0.05, 0) is 61.4 Å². The van der Waals surface area contributed by atoms with Gasteiger partial charge in [-0.15, -0.1) is 0 Å². The third-order valence-corrected chi connectivity index (χ3v) is 7.30. The summed E-state index contributed by atoms with van der Waals surface area (Å²) in [7, 11) is 0. The van der Waals surface area contributed by atoms with Crippen molar-refractivity contribution < 1.29 is 29.2 Å². The van der Waals surface area contributed by atoms with Crippen molar-refractivity contribution in [3.8, 4) is 23.0 Å². The third kappa shape index (κ3) is 5.04. The minimum absolute atomic E-state index is 0.166. The van der Waals surface area contributed by atoms with Gasteiger partial charge in [0, 0.05) is 17.2 Å². The highest BCUT2D eigenvalue weighted by atomic mass is 16.5. The van der Waals surface area contributed by atoms with E-state index in [9.17, 15) is 10.2 Å². The number of hydrogen-bond donors (Lipinski definition) is 2. The molecule has 2 aliphatic heterocycles. The van der Waals surface area contributed by atoms with Crippen molar-refractivity contribution in [3.05, 3.63) is 125 Å². The van der Waals surface area contributed by atoms with E-state index in [0.717, 1.165) is 16.7 Å². The Morgan fingerprint density at radius 3 is 2.23 bits per heavy atom. The summed E-state index contributed by atoms with van der Waals surface area (Å²) in [6.07, 6.45) is 2.64. The van der Waals surface area contributed by atoms with Gasteiger partial charge in [0.05, 0.1) is 5.56 Å². The molecule has 6 heteroatoms.